The Morgan fingerprint density at radius 2 is 1.89 bits per heavy atom. The van der Waals surface area contributed by atoms with Gasteiger partial charge in [0.2, 0.25) is 0 Å². The molecule has 0 radical (unpaired) electrons. The summed E-state index contributed by atoms with van der Waals surface area (Å²) in [6.45, 7) is 1.90. The van der Waals surface area contributed by atoms with Crippen LogP contribution in [-0.4, -0.2) is 33.5 Å². The molecule has 5 nitrogen and oxygen atoms in total. The number of fused-ring (bicyclic) bond motifs is 1. The summed E-state index contributed by atoms with van der Waals surface area (Å²) in [6.07, 6.45) is 9.97. The van der Waals surface area contributed by atoms with Crippen molar-refractivity contribution in [2.24, 2.45) is 0 Å². The van der Waals surface area contributed by atoms with Crippen molar-refractivity contribution in [3.63, 3.8) is 0 Å². The summed E-state index contributed by atoms with van der Waals surface area (Å²) >= 11 is 0. The van der Waals surface area contributed by atoms with Gasteiger partial charge >= 0.3 is 0 Å². The summed E-state index contributed by atoms with van der Waals surface area (Å²) in [5.41, 5.74) is 3.66. The van der Waals surface area contributed by atoms with Crippen LogP contribution in [0.4, 0.5) is 13.2 Å². The molecule has 0 saturated carbocycles. The summed E-state index contributed by atoms with van der Waals surface area (Å²) in [5.74, 6) is -3.65. The van der Waals surface area contributed by atoms with Crippen molar-refractivity contribution >= 4 is 17.7 Å². The van der Waals surface area contributed by atoms with E-state index in [0.29, 0.717) is 29.9 Å². The molecule has 2 aliphatic heterocycles. The highest BCUT2D eigenvalue weighted by molar-refractivity contribution is 6.03. The molecule has 2 aromatic carbocycles. The fourth-order valence-corrected chi connectivity index (χ4v) is 4.81. The number of aryl methyl sites for hydroxylation is 1. The van der Waals surface area contributed by atoms with Crippen LogP contribution in [0.2, 0.25) is 0 Å². The third-order valence-electron chi connectivity index (χ3n) is 6.52. The van der Waals surface area contributed by atoms with E-state index in [0.717, 1.165) is 41.9 Å². The second-order valence-electron chi connectivity index (χ2n) is 8.81. The van der Waals surface area contributed by atoms with Crippen LogP contribution < -0.4 is 4.74 Å². The van der Waals surface area contributed by atoms with Crippen LogP contribution in [0.25, 0.3) is 17.5 Å². The molecule has 0 aliphatic carbocycles. The molecule has 2 aliphatic rings. The summed E-state index contributed by atoms with van der Waals surface area (Å²) in [6, 6.07) is 7.47. The number of ether oxygens (including phenoxy) is 1. The molecule has 5 rings (SSSR count). The van der Waals surface area contributed by atoms with Crippen LogP contribution in [0.5, 0.6) is 5.75 Å². The highest BCUT2D eigenvalue weighted by Gasteiger charge is 2.36. The molecule has 3 heterocycles. The van der Waals surface area contributed by atoms with E-state index in [-0.39, 0.29) is 17.5 Å². The Balaban J connectivity index is 1.48. The topological polar surface area (TPSA) is 47.4 Å². The van der Waals surface area contributed by atoms with Crippen LogP contribution in [0.3, 0.4) is 0 Å². The van der Waals surface area contributed by atoms with Crippen molar-refractivity contribution < 1.29 is 22.7 Å². The molecule has 0 N–H and O–H groups in total. The molecule has 35 heavy (non-hydrogen) atoms. The smallest absolute Gasteiger partial charge is 0.254 e. The molecule has 3 aromatic rings. The summed E-state index contributed by atoms with van der Waals surface area (Å²) in [4.78, 5) is 19.4. The Morgan fingerprint density at radius 3 is 2.57 bits per heavy atom. The van der Waals surface area contributed by atoms with Crippen molar-refractivity contribution in [1.29, 1.82) is 0 Å². The minimum Gasteiger partial charge on any atom is -0.495 e. The third-order valence-corrected chi connectivity index (χ3v) is 6.52. The number of aromatic nitrogens is 2. The number of carbonyl (C=O) groups excluding carboxylic acids is 1. The van der Waals surface area contributed by atoms with Gasteiger partial charge in [0.05, 0.1) is 24.8 Å². The summed E-state index contributed by atoms with van der Waals surface area (Å²) in [7, 11) is 1.58. The van der Waals surface area contributed by atoms with E-state index in [1.807, 2.05) is 42.0 Å². The van der Waals surface area contributed by atoms with Crippen molar-refractivity contribution in [1.82, 2.24) is 14.5 Å². The van der Waals surface area contributed by atoms with Gasteiger partial charge in [0.25, 0.3) is 5.91 Å². The van der Waals surface area contributed by atoms with Gasteiger partial charge in [0.15, 0.2) is 17.5 Å². The van der Waals surface area contributed by atoms with E-state index in [9.17, 15) is 18.0 Å². The number of hydrogen-bond acceptors (Lipinski definition) is 3. The van der Waals surface area contributed by atoms with Crippen LogP contribution in [0.15, 0.2) is 54.5 Å². The number of allylic oxidation sites excluding steroid dienone is 1. The first-order valence-electron chi connectivity index (χ1n) is 11.4. The monoisotopic (exact) mass is 479 g/mol. The molecule has 1 fully saturated rings. The second kappa shape index (κ2) is 9.09. The minimum atomic E-state index is -1.52. The van der Waals surface area contributed by atoms with E-state index in [1.54, 1.807) is 24.4 Å². The SMILES string of the molecule is COc1cc(/C=C2\CC[C@@H]3CCC=C(c4cc(F)c(F)c(F)c4)N3C2=O)ccc1-n1cnc(C)c1. The van der Waals surface area contributed by atoms with Crippen LogP contribution in [0, 0.1) is 24.4 Å². The summed E-state index contributed by atoms with van der Waals surface area (Å²) in [5, 5.41) is 0. The minimum absolute atomic E-state index is 0.0720. The zero-order valence-corrected chi connectivity index (χ0v) is 19.4. The predicted octanol–water partition coefficient (Wildman–Crippen LogP) is 5.82. The van der Waals surface area contributed by atoms with Crippen LogP contribution in [0.1, 0.15) is 42.5 Å². The molecule has 1 atom stereocenters. The zero-order chi connectivity index (χ0) is 24.7. The Hall–Kier alpha value is -3.81. The molecule has 0 spiro atoms. The molecule has 1 aromatic heterocycles. The highest BCUT2D eigenvalue weighted by Crippen LogP contribution is 2.38. The van der Waals surface area contributed by atoms with Gasteiger partial charge in [-0.25, -0.2) is 18.2 Å². The zero-order valence-electron chi connectivity index (χ0n) is 19.4. The molecule has 0 bridgehead atoms. The molecule has 180 valence electrons. The normalized spacial score (nSPS) is 19.1. The van der Waals surface area contributed by atoms with Crippen molar-refractivity contribution in [3.8, 4) is 11.4 Å². The highest BCUT2D eigenvalue weighted by atomic mass is 19.2. The quantitative estimate of drug-likeness (QED) is 0.350. The van der Waals surface area contributed by atoms with Gasteiger partial charge in [-0.2, -0.15) is 0 Å². The number of hydrogen-bond donors (Lipinski definition) is 0. The second-order valence-corrected chi connectivity index (χ2v) is 8.81. The fraction of sp³-hybridized carbons (Fsp3) is 0.259. The lowest BCUT2D eigenvalue weighted by Crippen LogP contribution is -2.45. The van der Waals surface area contributed by atoms with E-state index >= 15 is 0 Å². The van der Waals surface area contributed by atoms with Crippen LogP contribution in [-0.2, 0) is 4.79 Å². The number of nitrogens with zero attached hydrogens (tertiary/aromatic N) is 3. The number of methoxy groups -OCH3 is 1. The van der Waals surface area contributed by atoms with Crippen molar-refractivity contribution in [2.45, 2.75) is 38.6 Å². The molecule has 1 saturated heterocycles. The van der Waals surface area contributed by atoms with E-state index in [2.05, 4.69) is 4.98 Å². The Labute approximate surface area is 201 Å². The third kappa shape index (κ3) is 4.24. The maximum atomic E-state index is 13.9. The average molecular weight is 480 g/mol. The largest absolute Gasteiger partial charge is 0.495 e. The summed E-state index contributed by atoms with van der Waals surface area (Å²) < 4.78 is 48.8. The number of halogens is 3. The van der Waals surface area contributed by atoms with E-state index < -0.39 is 17.5 Å². The fourth-order valence-electron chi connectivity index (χ4n) is 4.81. The van der Waals surface area contributed by atoms with Crippen molar-refractivity contribution in [3.05, 3.63) is 88.8 Å². The lowest BCUT2D eigenvalue weighted by Gasteiger charge is -2.41. The number of benzene rings is 2. The van der Waals surface area contributed by atoms with Gasteiger partial charge in [-0.15, -0.1) is 0 Å². The van der Waals surface area contributed by atoms with Gasteiger partial charge in [0, 0.05) is 29.1 Å². The van der Waals surface area contributed by atoms with E-state index in [1.165, 1.54) is 0 Å². The first-order valence-corrected chi connectivity index (χ1v) is 11.4. The predicted molar refractivity (Wildman–Crippen MR) is 126 cm³/mol. The number of carbonyl (C=O) groups is 1. The molecule has 1 amide bonds. The average Bonchev–Trinajstić information content (AvgIpc) is 3.29. The van der Waals surface area contributed by atoms with Gasteiger partial charge < -0.3 is 14.2 Å². The maximum absolute atomic E-state index is 13.9. The van der Waals surface area contributed by atoms with Gasteiger partial charge in [0.1, 0.15) is 5.75 Å². The lowest BCUT2D eigenvalue weighted by molar-refractivity contribution is -0.127. The molecular weight excluding hydrogens is 455 g/mol. The first kappa shape index (κ1) is 23.0. The number of rotatable bonds is 4. The number of amides is 1. The maximum Gasteiger partial charge on any atom is 0.254 e. The molecular formula is C27H24F3N3O2. The van der Waals surface area contributed by atoms with Gasteiger partial charge in [-0.3, -0.25) is 4.79 Å². The number of piperidine rings is 1. The first-order chi connectivity index (χ1) is 16.9. The number of imidazole rings is 1. The van der Waals surface area contributed by atoms with Gasteiger partial charge in [-0.1, -0.05) is 12.1 Å². The van der Waals surface area contributed by atoms with Gasteiger partial charge in [-0.05, 0) is 68.5 Å². The van der Waals surface area contributed by atoms with Crippen molar-refractivity contribution in [2.75, 3.05) is 7.11 Å². The molecule has 0 unspecified atom stereocenters. The Morgan fingerprint density at radius 1 is 1.11 bits per heavy atom. The Bertz CT molecular complexity index is 1350. The standard InChI is InChI=1S/C27H24F3N3O2/c1-16-14-32(15-31-16)24-9-6-17(11-25(24)35-2)10-18-7-8-20-4-3-5-23(33(20)27(18)34)19-12-21(28)26(30)22(29)13-19/h5-6,9-15,20H,3-4,7-8H2,1-2H3/b18-10+/t20-/m0/s1. The molecule has 8 heteroatoms. The van der Waals surface area contributed by atoms with E-state index in [4.69, 9.17) is 4.74 Å². The lowest BCUT2D eigenvalue weighted by atomic mass is 9.88. The van der Waals surface area contributed by atoms with Crippen LogP contribution >= 0.6 is 0 Å². The Kier molecular flexibility index (Phi) is 5.96.